The molecule has 0 unspecified atom stereocenters. The number of epoxide rings is 1. The van der Waals surface area contributed by atoms with Crippen LogP contribution in [0.1, 0.15) is 35.2 Å². The van der Waals surface area contributed by atoms with Crippen LogP contribution in [-0.2, 0) is 20.7 Å². The highest BCUT2D eigenvalue weighted by molar-refractivity contribution is 6.33. The number of aldehydes is 1. The van der Waals surface area contributed by atoms with Crippen molar-refractivity contribution in [1.29, 1.82) is 0 Å². The van der Waals surface area contributed by atoms with Crippen molar-refractivity contribution in [2.75, 3.05) is 24.7 Å². The van der Waals surface area contributed by atoms with Gasteiger partial charge in [-0.25, -0.2) is 4.79 Å². The van der Waals surface area contributed by atoms with E-state index in [-0.39, 0.29) is 59.6 Å². The first kappa shape index (κ1) is 30.5. The summed E-state index contributed by atoms with van der Waals surface area (Å²) in [6.07, 6.45) is 2.91. The van der Waals surface area contributed by atoms with Crippen molar-refractivity contribution >= 4 is 41.3 Å². The first-order chi connectivity index (χ1) is 19.7. The number of likely N-dealkylation sites (N-methyl/N-ethyl adjacent to an activating group) is 1. The van der Waals surface area contributed by atoms with Gasteiger partial charge in [-0.1, -0.05) is 54.1 Å². The molecule has 3 heterocycles. The van der Waals surface area contributed by atoms with E-state index in [4.69, 9.17) is 21.1 Å². The number of aryl methyl sites for hydroxylation is 1. The van der Waals surface area contributed by atoms with Crippen LogP contribution >= 0.6 is 11.6 Å². The van der Waals surface area contributed by atoms with Crippen molar-refractivity contribution in [3.05, 3.63) is 82.9 Å². The number of nitrogens with zero attached hydrogens (tertiary/aromatic N) is 1. The fraction of sp³-hybridized carbons (Fsp3) is 0.344. The van der Waals surface area contributed by atoms with Gasteiger partial charge in [-0.05, 0) is 41.8 Å². The van der Waals surface area contributed by atoms with Gasteiger partial charge in [0.1, 0.15) is 30.4 Å². The predicted molar refractivity (Wildman–Crippen MR) is 157 cm³/mol. The molecule has 3 aliphatic rings. The predicted octanol–water partition coefficient (Wildman–Crippen LogP) is 2.70. The van der Waals surface area contributed by atoms with Crippen molar-refractivity contribution < 1.29 is 52.3 Å². The Bertz CT molecular complexity index is 1480. The van der Waals surface area contributed by atoms with Gasteiger partial charge in [0.25, 0.3) is 0 Å². The van der Waals surface area contributed by atoms with E-state index in [0.29, 0.717) is 41.7 Å². The zero-order valence-electron chi connectivity index (χ0n) is 23.4. The third kappa shape index (κ3) is 6.20. The number of hydrogen-bond donors (Lipinski definition) is 2. The highest BCUT2D eigenvalue weighted by atomic mass is 127. The molecule has 0 spiro atoms. The summed E-state index contributed by atoms with van der Waals surface area (Å²) in [5.74, 6) is -0.184. The molecule has 3 fully saturated rings. The lowest BCUT2D eigenvalue weighted by atomic mass is 9.96. The summed E-state index contributed by atoms with van der Waals surface area (Å²) in [6, 6.07) is 21.1. The molecule has 3 saturated heterocycles. The number of ether oxygens (including phenoxy) is 2. The number of benzene rings is 3. The molecule has 0 radical (unpaired) electrons. The van der Waals surface area contributed by atoms with Crippen molar-refractivity contribution in [3.63, 3.8) is 0 Å². The summed E-state index contributed by atoms with van der Waals surface area (Å²) in [4.78, 5) is 36.8. The van der Waals surface area contributed by atoms with E-state index in [1.165, 1.54) is 0 Å². The molecule has 3 aliphatic heterocycles. The maximum absolute atomic E-state index is 13.1. The standard InChI is InChI=1S/C32H32ClN3O5.HI/c1-36(2)27-16-23(17-28(36)31-30(27)41-31)40-32(39)35-26-14-19(8-12-24(26)20-6-4-3-5-7-20)9-13-29(38)34-22-11-10-21(18-37)25(33)15-22;/h3-8,10-12,14-15,18,23,27-28,30-31H,9,13,16-17H2,1-2H3,(H-,34,35,37,38,39);1H/t23-,27-,28+,30-,31+;. The first-order valence-corrected chi connectivity index (χ1v) is 14.3. The van der Waals surface area contributed by atoms with E-state index in [9.17, 15) is 14.4 Å². The van der Waals surface area contributed by atoms with Gasteiger partial charge in [0.15, 0.2) is 6.29 Å². The van der Waals surface area contributed by atoms with Crippen LogP contribution < -0.4 is 34.6 Å². The lowest BCUT2D eigenvalue weighted by Gasteiger charge is -2.45. The number of amides is 2. The fourth-order valence-corrected chi connectivity index (χ4v) is 6.72. The Kier molecular flexibility index (Phi) is 8.94. The Morgan fingerprint density at radius 3 is 2.38 bits per heavy atom. The van der Waals surface area contributed by atoms with Gasteiger partial charge in [-0.15, -0.1) is 0 Å². The molecule has 10 heteroatoms. The molecule has 220 valence electrons. The number of morpholine rings is 1. The minimum absolute atomic E-state index is 0. The SMILES string of the molecule is C[N+]1(C)[C@@H]2C[C@@H](OC(=O)Nc3cc(CCC(=O)Nc4ccc(C=O)c(Cl)c4)ccc3-c3ccccc3)C[C@H]1[C@@H]1O[C@@H]12.[I-]. The van der Waals surface area contributed by atoms with Crippen LogP contribution in [0, 0.1) is 0 Å². The smallest absolute Gasteiger partial charge is 0.411 e. The Balaban J connectivity index is 0.00000353. The van der Waals surface area contributed by atoms with E-state index >= 15 is 0 Å². The minimum Gasteiger partial charge on any atom is -1.00 e. The van der Waals surface area contributed by atoms with Crippen LogP contribution in [0.5, 0.6) is 0 Å². The molecule has 5 atom stereocenters. The summed E-state index contributed by atoms with van der Waals surface area (Å²) >= 11 is 6.08. The third-order valence-electron chi connectivity index (χ3n) is 8.77. The fourth-order valence-electron chi connectivity index (χ4n) is 6.49. The highest BCUT2D eigenvalue weighted by Crippen LogP contribution is 2.51. The summed E-state index contributed by atoms with van der Waals surface area (Å²) < 4.78 is 12.7. The molecule has 3 aromatic rings. The normalized spacial score (nSPS) is 24.5. The van der Waals surface area contributed by atoms with Gasteiger partial charge in [-0.2, -0.15) is 0 Å². The average molecular weight is 702 g/mol. The van der Waals surface area contributed by atoms with Crippen molar-refractivity contribution in [1.82, 2.24) is 0 Å². The van der Waals surface area contributed by atoms with Gasteiger partial charge >= 0.3 is 6.09 Å². The van der Waals surface area contributed by atoms with Gasteiger partial charge in [-0.3, -0.25) is 14.9 Å². The number of quaternary nitrogens is 1. The second kappa shape index (κ2) is 12.3. The zero-order valence-corrected chi connectivity index (χ0v) is 26.3. The third-order valence-corrected chi connectivity index (χ3v) is 9.10. The molecule has 2 amide bonds. The van der Waals surface area contributed by atoms with Gasteiger partial charge < -0.3 is 43.3 Å². The maximum atomic E-state index is 13.1. The van der Waals surface area contributed by atoms with E-state index in [0.717, 1.165) is 34.0 Å². The van der Waals surface area contributed by atoms with Gasteiger partial charge in [0, 0.05) is 36.1 Å². The Labute approximate surface area is 267 Å². The molecule has 6 rings (SSSR count). The minimum atomic E-state index is -0.473. The van der Waals surface area contributed by atoms with Crippen molar-refractivity contribution in [3.8, 4) is 11.1 Å². The number of rotatable bonds is 8. The van der Waals surface area contributed by atoms with E-state index in [1.807, 2.05) is 48.5 Å². The number of anilines is 2. The van der Waals surface area contributed by atoms with Crippen LogP contribution in [0.2, 0.25) is 5.02 Å². The summed E-state index contributed by atoms with van der Waals surface area (Å²) in [6.45, 7) is 0. The molecule has 42 heavy (non-hydrogen) atoms. The van der Waals surface area contributed by atoms with Gasteiger partial charge in [0.2, 0.25) is 5.91 Å². The molecule has 0 saturated carbocycles. The quantitative estimate of drug-likeness (QED) is 0.163. The highest BCUT2D eigenvalue weighted by Gasteiger charge is 2.70. The first-order valence-electron chi connectivity index (χ1n) is 13.9. The number of fused-ring (bicyclic) bond motifs is 5. The van der Waals surface area contributed by atoms with Crippen LogP contribution in [-0.4, -0.2) is 67.3 Å². The zero-order chi connectivity index (χ0) is 28.7. The van der Waals surface area contributed by atoms with Crippen LogP contribution in [0.25, 0.3) is 11.1 Å². The Morgan fingerprint density at radius 1 is 1.00 bits per heavy atom. The summed E-state index contributed by atoms with van der Waals surface area (Å²) in [7, 11) is 4.50. The van der Waals surface area contributed by atoms with Crippen molar-refractivity contribution in [2.45, 2.75) is 56.1 Å². The van der Waals surface area contributed by atoms with E-state index < -0.39 is 6.09 Å². The molecule has 0 aromatic heterocycles. The number of carbonyl (C=O) groups is 3. The average Bonchev–Trinajstić information content (AvgIpc) is 3.71. The Morgan fingerprint density at radius 2 is 1.71 bits per heavy atom. The second-order valence-electron chi connectivity index (χ2n) is 11.6. The van der Waals surface area contributed by atoms with Gasteiger partial charge in [0.05, 0.1) is 24.8 Å². The number of nitrogens with one attached hydrogen (secondary N) is 2. The molecule has 8 nitrogen and oxygen atoms in total. The number of halogens is 2. The number of piperidine rings is 1. The van der Waals surface area contributed by atoms with Crippen LogP contribution in [0.15, 0.2) is 66.7 Å². The molecular formula is C32H33ClIN3O5. The Hall–Kier alpha value is -2.99. The summed E-state index contributed by atoms with van der Waals surface area (Å²) in [5, 5.41) is 6.09. The number of carbonyl (C=O) groups excluding carboxylic acids is 3. The monoisotopic (exact) mass is 701 g/mol. The maximum Gasteiger partial charge on any atom is 0.411 e. The lowest BCUT2D eigenvalue weighted by molar-refractivity contribution is -0.938. The molecule has 2 bridgehead atoms. The second-order valence-corrected chi connectivity index (χ2v) is 12.0. The molecule has 3 aromatic carbocycles. The van der Waals surface area contributed by atoms with E-state index in [2.05, 4.69) is 24.7 Å². The lowest BCUT2D eigenvalue weighted by Crippen LogP contribution is -3.00. The topological polar surface area (TPSA) is 97.0 Å². The van der Waals surface area contributed by atoms with E-state index in [1.54, 1.807) is 18.2 Å². The van der Waals surface area contributed by atoms with Crippen LogP contribution in [0.4, 0.5) is 16.2 Å². The number of hydrogen-bond acceptors (Lipinski definition) is 5. The summed E-state index contributed by atoms with van der Waals surface area (Å²) in [5.41, 5.74) is 4.27. The molecule has 0 aliphatic carbocycles. The molecule has 2 N–H and O–H groups in total. The molecular weight excluding hydrogens is 669 g/mol. The van der Waals surface area contributed by atoms with Crippen molar-refractivity contribution in [2.24, 2.45) is 0 Å². The largest absolute Gasteiger partial charge is 1.00 e. The van der Waals surface area contributed by atoms with Crippen LogP contribution in [0.3, 0.4) is 0 Å².